The standard InChI is InChI=1S/C23H21BrClN3O2/c24-17-8-6-16(7-9-17)21-2-1-13-28(21)23-26-14-19(22(29)30)20(27-23)12-5-15-3-10-18(25)11-4-15/h3-4,6-11,14,21H,1-2,5,12-13H2,(H,29,30)/t21-/m1/s1. The molecule has 0 aliphatic carbocycles. The van der Waals surface area contributed by atoms with Gasteiger partial charge in [0, 0.05) is 22.2 Å². The van der Waals surface area contributed by atoms with Crippen LogP contribution in [0.25, 0.3) is 0 Å². The molecule has 30 heavy (non-hydrogen) atoms. The number of halogens is 2. The van der Waals surface area contributed by atoms with Crippen LogP contribution in [0.5, 0.6) is 0 Å². The van der Waals surface area contributed by atoms with Crippen LogP contribution >= 0.6 is 27.5 Å². The fourth-order valence-corrected chi connectivity index (χ4v) is 4.26. The Bertz CT molecular complexity index is 1040. The van der Waals surface area contributed by atoms with Gasteiger partial charge in [-0.25, -0.2) is 14.8 Å². The second-order valence-corrected chi connectivity index (χ2v) is 8.72. The van der Waals surface area contributed by atoms with Crippen LogP contribution in [-0.4, -0.2) is 27.6 Å². The number of carboxylic acids is 1. The van der Waals surface area contributed by atoms with Gasteiger partial charge in [-0.05, 0) is 61.1 Å². The van der Waals surface area contributed by atoms with E-state index < -0.39 is 5.97 Å². The van der Waals surface area contributed by atoms with Gasteiger partial charge in [0.25, 0.3) is 0 Å². The number of aryl methyl sites for hydroxylation is 2. The molecule has 154 valence electrons. The number of rotatable bonds is 6. The fourth-order valence-electron chi connectivity index (χ4n) is 3.87. The molecule has 0 saturated carbocycles. The normalized spacial score (nSPS) is 16.1. The Morgan fingerprint density at radius 3 is 2.57 bits per heavy atom. The highest BCUT2D eigenvalue weighted by atomic mass is 79.9. The lowest BCUT2D eigenvalue weighted by Crippen LogP contribution is -2.25. The molecule has 1 atom stereocenters. The van der Waals surface area contributed by atoms with E-state index in [0.717, 1.165) is 29.4 Å². The number of anilines is 1. The van der Waals surface area contributed by atoms with Crippen molar-refractivity contribution in [1.82, 2.24) is 9.97 Å². The van der Waals surface area contributed by atoms with Gasteiger partial charge in [0.1, 0.15) is 0 Å². The van der Waals surface area contributed by atoms with Gasteiger partial charge in [0.2, 0.25) is 5.95 Å². The number of carboxylic acid groups (broad SMARTS) is 1. The monoisotopic (exact) mass is 485 g/mol. The molecule has 0 spiro atoms. The zero-order chi connectivity index (χ0) is 21.1. The minimum Gasteiger partial charge on any atom is -0.478 e. The molecule has 1 saturated heterocycles. The SMILES string of the molecule is O=C(O)c1cnc(N2CCC[C@@H]2c2ccc(Br)cc2)nc1CCc1ccc(Cl)cc1. The van der Waals surface area contributed by atoms with Crippen LogP contribution in [0, 0.1) is 0 Å². The Hall–Kier alpha value is -2.44. The van der Waals surface area contributed by atoms with E-state index in [1.807, 2.05) is 36.4 Å². The summed E-state index contributed by atoms with van der Waals surface area (Å²) in [5, 5.41) is 10.3. The second kappa shape index (κ2) is 9.14. The van der Waals surface area contributed by atoms with Crippen molar-refractivity contribution in [2.75, 3.05) is 11.4 Å². The topological polar surface area (TPSA) is 66.3 Å². The number of hydrogen-bond donors (Lipinski definition) is 1. The van der Waals surface area contributed by atoms with Crippen molar-refractivity contribution in [2.45, 2.75) is 31.7 Å². The van der Waals surface area contributed by atoms with E-state index in [9.17, 15) is 9.90 Å². The van der Waals surface area contributed by atoms with E-state index in [0.29, 0.717) is 29.5 Å². The van der Waals surface area contributed by atoms with Crippen molar-refractivity contribution >= 4 is 39.4 Å². The van der Waals surface area contributed by atoms with Crippen LogP contribution in [0.3, 0.4) is 0 Å². The number of carbonyl (C=O) groups is 1. The van der Waals surface area contributed by atoms with Crippen LogP contribution in [0.1, 0.15) is 46.1 Å². The Morgan fingerprint density at radius 1 is 1.13 bits per heavy atom. The maximum absolute atomic E-state index is 11.7. The summed E-state index contributed by atoms with van der Waals surface area (Å²) in [6, 6.07) is 16.1. The van der Waals surface area contributed by atoms with Crippen molar-refractivity contribution in [2.24, 2.45) is 0 Å². The number of hydrogen-bond acceptors (Lipinski definition) is 4. The van der Waals surface area contributed by atoms with Crippen molar-refractivity contribution in [1.29, 1.82) is 0 Å². The summed E-state index contributed by atoms with van der Waals surface area (Å²) in [6.45, 7) is 0.851. The Labute approximate surface area is 188 Å². The van der Waals surface area contributed by atoms with Crippen molar-refractivity contribution < 1.29 is 9.90 Å². The molecule has 2 heterocycles. The van der Waals surface area contributed by atoms with Crippen LogP contribution in [-0.2, 0) is 12.8 Å². The lowest BCUT2D eigenvalue weighted by Gasteiger charge is -2.25. The highest BCUT2D eigenvalue weighted by Gasteiger charge is 2.29. The molecule has 1 aliphatic rings. The number of aromatic carboxylic acids is 1. The first kappa shape index (κ1) is 20.8. The molecule has 0 radical (unpaired) electrons. The lowest BCUT2D eigenvalue weighted by molar-refractivity contribution is 0.0694. The van der Waals surface area contributed by atoms with E-state index >= 15 is 0 Å². The third kappa shape index (κ3) is 4.65. The van der Waals surface area contributed by atoms with Crippen molar-refractivity contribution in [3.63, 3.8) is 0 Å². The summed E-state index contributed by atoms with van der Waals surface area (Å²) in [5.41, 5.74) is 3.02. The summed E-state index contributed by atoms with van der Waals surface area (Å²) in [7, 11) is 0. The summed E-state index contributed by atoms with van der Waals surface area (Å²) in [6.07, 6.45) is 4.72. The molecule has 1 fully saturated rings. The van der Waals surface area contributed by atoms with Gasteiger partial charge in [-0.1, -0.05) is 51.8 Å². The highest BCUT2D eigenvalue weighted by molar-refractivity contribution is 9.10. The number of aromatic nitrogens is 2. The van der Waals surface area contributed by atoms with E-state index in [1.54, 1.807) is 0 Å². The third-order valence-electron chi connectivity index (χ3n) is 5.41. The molecule has 0 amide bonds. The number of nitrogens with zero attached hydrogens (tertiary/aromatic N) is 3. The van der Waals surface area contributed by atoms with E-state index in [2.05, 4.69) is 37.9 Å². The quantitative estimate of drug-likeness (QED) is 0.483. The molecule has 4 rings (SSSR count). The first-order chi connectivity index (χ1) is 14.5. The van der Waals surface area contributed by atoms with Crippen LogP contribution < -0.4 is 4.90 Å². The summed E-state index contributed by atoms with van der Waals surface area (Å²) >= 11 is 9.44. The minimum atomic E-state index is -1.00. The summed E-state index contributed by atoms with van der Waals surface area (Å²) in [5.74, 6) is -0.407. The van der Waals surface area contributed by atoms with E-state index in [1.165, 1.54) is 11.8 Å². The zero-order valence-electron chi connectivity index (χ0n) is 16.3. The first-order valence-corrected chi connectivity index (χ1v) is 11.0. The van der Waals surface area contributed by atoms with Gasteiger partial charge in [-0.3, -0.25) is 0 Å². The van der Waals surface area contributed by atoms with Crippen LogP contribution in [0.2, 0.25) is 5.02 Å². The highest BCUT2D eigenvalue weighted by Crippen LogP contribution is 2.35. The van der Waals surface area contributed by atoms with Gasteiger partial charge in [0.15, 0.2) is 0 Å². The fraction of sp³-hybridized carbons (Fsp3) is 0.261. The van der Waals surface area contributed by atoms with Crippen molar-refractivity contribution in [3.05, 3.63) is 86.6 Å². The smallest absolute Gasteiger partial charge is 0.339 e. The maximum Gasteiger partial charge on any atom is 0.339 e. The van der Waals surface area contributed by atoms with Gasteiger partial charge < -0.3 is 10.0 Å². The minimum absolute atomic E-state index is 0.159. The zero-order valence-corrected chi connectivity index (χ0v) is 18.6. The molecule has 7 heteroatoms. The first-order valence-electron chi connectivity index (χ1n) is 9.87. The van der Waals surface area contributed by atoms with Gasteiger partial charge >= 0.3 is 5.97 Å². The molecule has 0 unspecified atom stereocenters. The molecule has 1 aromatic heterocycles. The molecule has 1 N–H and O–H groups in total. The summed E-state index contributed by atoms with van der Waals surface area (Å²) < 4.78 is 1.04. The third-order valence-corrected chi connectivity index (χ3v) is 6.19. The predicted octanol–water partition coefficient (Wildman–Crippen LogP) is 5.72. The molecular weight excluding hydrogens is 466 g/mol. The van der Waals surface area contributed by atoms with Crippen LogP contribution in [0.15, 0.2) is 59.2 Å². The second-order valence-electron chi connectivity index (χ2n) is 7.36. The molecule has 0 bridgehead atoms. The number of benzene rings is 2. The predicted molar refractivity (Wildman–Crippen MR) is 121 cm³/mol. The van der Waals surface area contributed by atoms with Crippen LogP contribution in [0.4, 0.5) is 5.95 Å². The lowest BCUT2D eigenvalue weighted by atomic mass is 10.0. The molecule has 5 nitrogen and oxygen atoms in total. The Balaban J connectivity index is 1.60. The average Bonchev–Trinajstić information content (AvgIpc) is 3.23. The van der Waals surface area contributed by atoms with Gasteiger partial charge in [-0.2, -0.15) is 0 Å². The molecule has 3 aromatic rings. The Morgan fingerprint density at radius 2 is 1.87 bits per heavy atom. The molecule has 2 aromatic carbocycles. The molecule has 1 aliphatic heterocycles. The van der Waals surface area contributed by atoms with E-state index in [4.69, 9.17) is 16.6 Å². The largest absolute Gasteiger partial charge is 0.478 e. The van der Waals surface area contributed by atoms with Gasteiger partial charge in [-0.15, -0.1) is 0 Å². The average molecular weight is 487 g/mol. The Kier molecular flexibility index (Phi) is 6.35. The van der Waals surface area contributed by atoms with Crippen molar-refractivity contribution in [3.8, 4) is 0 Å². The molecular formula is C23H21BrClN3O2. The maximum atomic E-state index is 11.7. The summed E-state index contributed by atoms with van der Waals surface area (Å²) in [4.78, 5) is 23.0. The van der Waals surface area contributed by atoms with Gasteiger partial charge in [0.05, 0.1) is 17.3 Å². The van der Waals surface area contributed by atoms with E-state index in [-0.39, 0.29) is 11.6 Å².